The molecule has 3 rings (SSSR count). The smallest absolute Gasteiger partial charge is 0.180 e. The summed E-state index contributed by atoms with van der Waals surface area (Å²) >= 11 is 0. The zero-order valence-corrected chi connectivity index (χ0v) is 21.8. The van der Waals surface area contributed by atoms with E-state index in [9.17, 15) is 23.1 Å². The number of nitrogens with zero attached hydrogens (tertiary/aromatic N) is 1. The second-order valence-corrected chi connectivity index (χ2v) is 8.79. The van der Waals surface area contributed by atoms with Gasteiger partial charge in [0.2, 0.25) is 0 Å². The molecule has 0 amide bonds. The van der Waals surface area contributed by atoms with E-state index in [1.54, 1.807) is 62.5 Å². The molecule has 1 atom stereocenters. The number of ether oxygens (including phenoxy) is 1. The average molecular weight is 534 g/mol. The molecule has 0 aliphatic carbocycles. The highest BCUT2D eigenvalue weighted by Gasteiger charge is 2.17. The number of aryl methyl sites for hydroxylation is 1. The third-order valence-corrected chi connectivity index (χ3v) is 5.82. The van der Waals surface area contributed by atoms with Gasteiger partial charge in [-0.15, -0.1) is 0 Å². The van der Waals surface area contributed by atoms with E-state index in [-0.39, 0.29) is 24.0 Å². The van der Waals surface area contributed by atoms with Crippen LogP contribution in [0.1, 0.15) is 30.0 Å². The number of carbonyl (C=O) groups excluding carboxylic acids is 1. The number of aliphatic imine (C=N–C) groups is 1. The van der Waals surface area contributed by atoms with Crippen molar-refractivity contribution in [3.8, 4) is 5.75 Å². The Labute approximate surface area is 226 Å². The Balaban J connectivity index is 1.71. The van der Waals surface area contributed by atoms with Crippen molar-refractivity contribution in [2.24, 2.45) is 4.99 Å². The Morgan fingerprint density at radius 3 is 2.28 bits per heavy atom. The Morgan fingerprint density at radius 1 is 0.974 bits per heavy atom. The highest BCUT2D eigenvalue weighted by atomic mass is 19.1. The van der Waals surface area contributed by atoms with E-state index >= 15 is 0 Å². The number of rotatable bonds is 12. The van der Waals surface area contributed by atoms with Crippen molar-refractivity contribution < 1.29 is 27.8 Å². The van der Waals surface area contributed by atoms with E-state index in [1.807, 2.05) is 12.1 Å². The third-order valence-electron chi connectivity index (χ3n) is 5.82. The molecule has 1 unspecified atom stereocenters. The van der Waals surface area contributed by atoms with Crippen LogP contribution in [0, 0.1) is 17.5 Å². The standard InChI is InChI=1S/C32H30F3NO3/c1-22(39-21-30(38)8-4-3-6-23-10-16-29(37)17-11-23)31(32(36-2)25-12-14-26(33)15-13-25)9-5-7-24-18-27(34)20-28(35)19-24/h4-5,7-20,22,37H,3,6,21H2,1-2H3/b7-5-,8-4-,31-9-,36-32-. The first kappa shape index (κ1) is 29.3. The molecule has 0 spiro atoms. The summed E-state index contributed by atoms with van der Waals surface area (Å²) in [5.41, 5.74) is 3.15. The van der Waals surface area contributed by atoms with Gasteiger partial charge in [0.1, 0.15) is 29.8 Å². The van der Waals surface area contributed by atoms with Gasteiger partial charge in [-0.3, -0.25) is 9.79 Å². The first-order valence-electron chi connectivity index (χ1n) is 12.4. The summed E-state index contributed by atoms with van der Waals surface area (Å²) < 4.78 is 46.5. The van der Waals surface area contributed by atoms with Crippen molar-refractivity contribution in [3.05, 3.63) is 131 Å². The molecule has 3 aromatic carbocycles. The van der Waals surface area contributed by atoms with E-state index < -0.39 is 17.7 Å². The van der Waals surface area contributed by atoms with Crippen LogP contribution in [0.15, 0.2) is 102 Å². The normalized spacial score (nSPS) is 13.4. The number of phenols is 1. The molecule has 202 valence electrons. The fourth-order valence-corrected chi connectivity index (χ4v) is 3.85. The molecule has 3 aromatic rings. The maximum Gasteiger partial charge on any atom is 0.180 e. The summed E-state index contributed by atoms with van der Waals surface area (Å²) in [6, 6.07) is 15.9. The molecule has 0 aliphatic heterocycles. The molecule has 0 saturated carbocycles. The molecule has 0 bridgehead atoms. The Bertz CT molecular complexity index is 1350. The van der Waals surface area contributed by atoms with E-state index in [1.165, 1.54) is 30.3 Å². The van der Waals surface area contributed by atoms with Gasteiger partial charge < -0.3 is 9.84 Å². The van der Waals surface area contributed by atoms with Gasteiger partial charge in [0.05, 0.1) is 11.8 Å². The van der Waals surface area contributed by atoms with Crippen LogP contribution in [0.4, 0.5) is 13.2 Å². The van der Waals surface area contributed by atoms with Gasteiger partial charge in [-0.2, -0.15) is 0 Å². The minimum Gasteiger partial charge on any atom is -0.508 e. The van der Waals surface area contributed by atoms with E-state index in [2.05, 4.69) is 4.99 Å². The predicted octanol–water partition coefficient (Wildman–Crippen LogP) is 7.03. The lowest BCUT2D eigenvalue weighted by atomic mass is 9.97. The van der Waals surface area contributed by atoms with Crippen molar-refractivity contribution in [2.45, 2.75) is 25.9 Å². The largest absolute Gasteiger partial charge is 0.508 e. The van der Waals surface area contributed by atoms with Crippen molar-refractivity contribution in [2.75, 3.05) is 13.7 Å². The van der Waals surface area contributed by atoms with Crippen LogP contribution in [0.5, 0.6) is 5.75 Å². The highest BCUT2D eigenvalue weighted by Crippen LogP contribution is 2.18. The predicted molar refractivity (Wildman–Crippen MR) is 148 cm³/mol. The lowest BCUT2D eigenvalue weighted by molar-refractivity contribution is -0.119. The van der Waals surface area contributed by atoms with Gasteiger partial charge >= 0.3 is 0 Å². The molecule has 39 heavy (non-hydrogen) atoms. The van der Waals surface area contributed by atoms with Gasteiger partial charge in [0, 0.05) is 24.3 Å². The number of ketones is 1. The topological polar surface area (TPSA) is 58.9 Å². The number of hydrogen-bond donors (Lipinski definition) is 1. The van der Waals surface area contributed by atoms with Gasteiger partial charge in [0.15, 0.2) is 5.78 Å². The average Bonchev–Trinajstić information content (AvgIpc) is 2.90. The highest BCUT2D eigenvalue weighted by molar-refractivity contribution is 6.13. The lowest BCUT2D eigenvalue weighted by Crippen LogP contribution is -2.22. The summed E-state index contributed by atoms with van der Waals surface area (Å²) in [7, 11) is 1.59. The van der Waals surface area contributed by atoms with Crippen LogP contribution in [0.25, 0.3) is 6.08 Å². The van der Waals surface area contributed by atoms with Crippen LogP contribution < -0.4 is 0 Å². The first-order valence-corrected chi connectivity index (χ1v) is 12.4. The van der Waals surface area contributed by atoms with E-state index in [0.29, 0.717) is 28.8 Å². The van der Waals surface area contributed by atoms with Crippen LogP contribution in [-0.4, -0.2) is 36.4 Å². The Morgan fingerprint density at radius 2 is 1.64 bits per heavy atom. The zero-order valence-electron chi connectivity index (χ0n) is 21.8. The molecular weight excluding hydrogens is 503 g/mol. The van der Waals surface area contributed by atoms with Crippen molar-refractivity contribution in [3.63, 3.8) is 0 Å². The summed E-state index contributed by atoms with van der Waals surface area (Å²) in [5, 5.41) is 9.36. The zero-order chi connectivity index (χ0) is 28.2. The van der Waals surface area contributed by atoms with Crippen LogP contribution in [-0.2, 0) is 16.0 Å². The third kappa shape index (κ3) is 9.54. The number of aromatic hydroxyl groups is 1. The number of hydrogen-bond acceptors (Lipinski definition) is 4. The number of allylic oxidation sites excluding steroid dienone is 3. The molecule has 0 radical (unpaired) electrons. The minimum atomic E-state index is -0.688. The quantitative estimate of drug-likeness (QED) is 0.154. The molecule has 1 N–H and O–H groups in total. The summed E-state index contributed by atoms with van der Waals surface area (Å²) in [4.78, 5) is 16.8. The maximum absolute atomic E-state index is 13.6. The van der Waals surface area contributed by atoms with Crippen molar-refractivity contribution >= 4 is 17.6 Å². The molecular formula is C32H30F3NO3. The molecule has 0 saturated heterocycles. The Hall–Kier alpha value is -4.23. The van der Waals surface area contributed by atoms with Crippen LogP contribution in [0.3, 0.4) is 0 Å². The number of benzene rings is 3. The summed E-state index contributed by atoms with van der Waals surface area (Å²) in [6.45, 7) is 1.59. The maximum atomic E-state index is 13.6. The van der Waals surface area contributed by atoms with Crippen molar-refractivity contribution in [1.82, 2.24) is 0 Å². The van der Waals surface area contributed by atoms with Crippen molar-refractivity contribution in [1.29, 1.82) is 0 Å². The first-order chi connectivity index (χ1) is 18.7. The van der Waals surface area contributed by atoms with Crippen LogP contribution in [0.2, 0.25) is 0 Å². The van der Waals surface area contributed by atoms with Gasteiger partial charge in [-0.1, -0.05) is 36.4 Å². The lowest BCUT2D eigenvalue weighted by Gasteiger charge is -2.18. The van der Waals surface area contributed by atoms with E-state index in [0.717, 1.165) is 18.1 Å². The number of phenolic OH excluding ortho intramolecular Hbond substituents is 1. The fraction of sp³-hybridized carbons (Fsp3) is 0.188. The second kappa shape index (κ2) is 14.6. The molecule has 0 aromatic heterocycles. The minimum absolute atomic E-state index is 0.173. The van der Waals surface area contributed by atoms with E-state index in [4.69, 9.17) is 4.74 Å². The van der Waals surface area contributed by atoms with Crippen LogP contribution >= 0.6 is 0 Å². The summed E-state index contributed by atoms with van der Waals surface area (Å²) in [6.07, 6.45) is 8.89. The fourth-order valence-electron chi connectivity index (χ4n) is 3.85. The Kier molecular flexibility index (Phi) is 11.0. The monoisotopic (exact) mass is 533 g/mol. The number of carbonyl (C=O) groups is 1. The molecule has 0 heterocycles. The molecule has 4 nitrogen and oxygen atoms in total. The summed E-state index contributed by atoms with van der Waals surface area (Å²) in [5.74, 6) is -1.77. The van der Waals surface area contributed by atoms with Gasteiger partial charge in [-0.25, -0.2) is 13.2 Å². The molecule has 0 aliphatic rings. The SMILES string of the molecule is C\N=C(/C(=C\C=C/c1cc(F)cc(F)c1)C(C)OCC(=O)/C=C\CCc1ccc(O)cc1)c1ccc(F)cc1. The van der Waals surface area contributed by atoms with Gasteiger partial charge in [0.25, 0.3) is 0 Å². The van der Waals surface area contributed by atoms with Gasteiger partial charge in [-0.05, 0) is 85.5 Å². The molecule has 7 heteroatoms. The number of halogens is 3. The second-order valence-electron chi connectivity index (χ2n) is 8.79. The molecule has 0 fully saturated rings.